The first-order valence-electron chi connectivity index (χ1n) is 10.3. The molecule has 0 saturated carbocycles. The zero-order chi connectivity index (χ0) is 20.1. The molecule has 0 atom stereocenters. The van der Waals surface area contributed by atoms with Gasteiger partial charge in [0.05, 0.1) is 7.11 Å². The second kappa shape index (κ2) is 9.10. The van der Waals surface area contributed by atoms with Gasteiger partial charge < -0.3 is 9.47 Å². The normalized spacial score (nSPS) is 14.2. The van der Waals surface area contributed by atoms with Crippen molar-refractivity contribution in [3.05, 3.63) is 65.8 Å². The highest BCUT2D eigenvalue weighted by Crippen LogP contribution is 2.36. The summed E-state index contributed by atoms with van der Waals surface area (Å²) in [5.74, 6) is 0.885. The lowest BCUT2D eigenvalue weighted by Gasteiger charge is -2.19. The van der Waals surface area contributed by atoms with E-state index in [-0.39, 0.29) is 0 Å². The smallest absolute Gasteiger partial charge is 0.118 e. The van der Waals surface area contributed by atoms with Crippen LogP contribution in [-0.4, -0.2) is 21.8 Å². The predicted octanol–water partition coefficient (Wildman–Crippen LogP) is 7.10. The van der Waals surface area contributed by atoms with E-state index < -0.39 is 8.07 Å². The van der Waals surface area contributed by atoms with Crippen LogP contribution < -0.4 is 4.74 Å². The Morgan fingerprint density at radius 2 is 1.71 bits per heavy atom. The summed E-state index contributed by atoms with van der Waals surface area (Å²) in [5.41, 5.74) is 7.78. The second-order valence-electron chi connectivity index (χ2n) is 8.85. The lowest BCUT2D eigenvalue weighted by Crippen LogP contribution is -2.21. The summed E-state index contributed by atoms with van der Waals surface area (Å²) in [6, 6.07) is 14.0. The number of allylic oxidation sites excluding steroid dienone is 2. The number of hydrogen-bond donors (Lipinski definition) is 0. The summed E-state index contributed by atoms with van der Waals surface area (Å²) in [6.07, 6.45) is 5.99. The van der Waals surface area contributed by atoms with Crippen LogP contribution in [0, 0.1) is 13.5 Å². The predicted molar refractivity (Wildman–Crippen MR) is 123 cm³/mol. The highest BCUT2D eigenvalue weighted by atomic mass is 28.3. The van der Waals surface area contributed by atoms with Gasteiger partial charge in [0.1, 0.15) is 12.4 Å². The third kappa shape index (κ3) is 5.15. The van der Waals surface area contributed by atoms with E-state index >= 15 is 0 Å². The third-order valence-corrected chi connectivity index (χ3v) is 7.18. The number of rotatable bonds is 8. The van der Waals surface area contributed by atoms with Crippen molar-refractivity contribution in [2.45, 2.75) is 51.9 Å². The topological polar surface area (TPSA) is 18.5 Å². The molecule has 3 heteroatoms. The van der Waals surface area contributed by atoms with E-state index in [4.69, 9.17) is 9.47 Å². The Labute approximate surface area is 171 Å². The summed E-state index contributed by atoms with van der Waals surface area (Å²) >= 11 is 0. The van der Waals surface area contributed by atoms with Crippen molar-refractivity contribution in [1.82, 2.24) is 0 Å². The molecule has 0 aromatic heterocycles. The maximum atomic E-state index is 6.07. The maximum Gasteiger partial charge on any atom is 0.118 e. The van der Waals surface area contributed by atoms with Gasteiger partial charge in [0.25, 0.3) is 0 Å². The number of methoxy groups -OCH3 is 1. The molecule has 0 saturated heterocycles. The Morgan fingerprint density at radius 3 is 2.32 bits per heavy atom. The first kappa shape index (κ1) is 20.9. The first-order valence-corrected chi connectivity index (χ1v) is 14.0. The van der Waals surface area contributed by atoms with Crippen LogP contribution in [0.3, 0.4) is 0 Å². The molecule has 1 aliphatic carbocycles. The van der Waals surface area contributed by atoms with Gasteiger partial charge in [-0.25, -0.2) is 0 Å². The van der Waals surface area contributed by atoms with Crippen LogP contribution in [-0.2, 0) is 4.74 Å². The molecule has 1 radical (unpaired) electrons. The minimum Gasteiger partial charge on any atom is -0.497 e. The standard InChI is InChI=1S/C25H33O2Si/c1-19-23(21-10-12-22(26-2)13-11-21)14-15-24(20-8-6-7-9-20)25(19)18-27-16-17-28(3,4)5/h8,10-15,18H,6-7,9,16-17H2,1-5H3. The molecule has 2 aromatic carbocycles. The van der Waals surface area contributed by atoms with Gasteiger partial charge in [-0.2, -0.15) is 0 Å². The number of ether oxygens (including phenoxy) is 2. The summed E-state index contributed by atoms with van der Waals surface area (Å²) in [6.45, 7) is 12.2. The molecule has 0 aliphatic heterocycles. The Kier molecular flexibility index (Phi) is 6.79. The molecule has 1 aliphatic rings. The van der Waals surface area contributed by atoms with E-state index in [2.05, 4.69) is 56.9 Å². The lowest BCUT2D eigenvalue weighted by molar-refractivity contribution is 0.228. The third-order valence-electron chi connectivity index (χ3n) is 5.47. The number of benzene rings is 2. The summed E-state index contributed by atoms with van der Waals surface area (Å²) in [7, 11) is 0.615. The summed E-state index contributed by atoms with van der Waals surface area (Å²) < 4.78 is 11.4. The van der Waals surface area contributed by atoms with Crippen molar-refractivity contribution in [3.63, 3.8) is 0 Å². The van der Waals surface area contributed by atoms with E-state index in [0.29, 0.717) is 0 Å². The Hall–Kier alpha value is -1.84. The highest BCUT2D eigenvalue weighted by molar-refractivity contribution is 6.76. The molecule has 0 N–H and O–H groups in total. The fourth-order valence-electron chi connectivity index (χ4n) is 3.67. The molecule has 149 valence electrons. The van der Waals surface area contributed by atoms with Crippen LogP contribution in [0.15, 0.2) is 42.5 Å². The van der Waals surface area contributed by atoms with Crippen molar-refractivity contribution >= 4 is 13.6 Å². The van der Waals surface area contributed by atoms with E-state index in [1.807, 2.05) is 18.7 Å². The van der Waals surface area contributed by atoms with Crippen molar-refractivity contribution in [3.8, 4) is 16.9 Å². The molecule has 3 rings (SSSR count). The first-order chi connectivity index (χ1) is 13.4. The van der Waals surface area contributed by atoms with Gasteiger partial charge in [-0.15, -0.1) is 0 Å². The van der Waals surface area contributed by atoms with Crippen LogP contribution in [0.1, 0.15) is 36.0 Å². The summed E-state index contributed by atoms with van der Waals surface area (Å²) in [5, 5.41) is 0. The van der Waals surface area contributed by atoms with Gasteiger partial charge in [0, 0.05) is 14.7 Å². The van der Waals surface area contributed by atoms with Crippen LogP contribution in [0.25, 0.3) is 16.7 Å². The zero-order valence-corrected chi connectivity index (χ0v) is 19.0. The fourth-order valence-corrected chi connectivity index (χ4v) is 4.40. The second-order valence-corrected chi connectivity index (χ2v) is 14.5. The molecule has 0 unspecified atom stereocenters. The molecule has 0 heterocycles. The molecule has 2 nitrogen and oxygen atoms in total. The molecular formula is C25H33O2Si. The Morgan fingerprint density at radius 1 is 1.00 bits per heavy atom. The molecule has 0 fully saturated rings. The molecule has 28 heavy (non-hydrogen) atoms. The maximum absolute atomic E-state index is 6.07. The van der Waals surface area contributed by atoms with E-state index in [0.717, 1.165) is 18.8 Å². The van der Waals surface area contributed by atoms with Crippen molar-refractivity contribution < 1.29 is 9.47 Å². The van der Waals surface area contributed by atoms with Gasteiger partial charge in [-0.05, 0) is 77.8 Å². The Bertz CT molecular complexity index is 829. The van der Waals surface area contributed by atoms with Gasteiger partial charge in [-0.3, -0.25) is 0 Å². The van der Waals surface area contributed by atoms with Crippen LogP contribution >= 0.6 is 0 Å². The molecule has 2 aromatic rings. The largest absolute Gasteiger partial charge is 0.497 e. The average molecular weight is 394 g/mol. The molecule has 0 bridgehead atoms. The van der Waals surface area contributed by atoms with Crippen molar-refractivity contribution in [2.24, 2.45) is 0 Å². The Balaban J connectivity index is 1.90. The minimum absolute atomic E-state index is 0.806. The van der Waals surface area contributed by atoms with Gasteiger partial charge in [0.2, 0.25) is 0 Å². The van der Waals surface area contributed by atoms with E-state index in [1.165, 1.54) is 52.3 Å². The van der Waals surface area contributed by atoms with E-state index in [1.54, 1.807) is 7.11 Å². The molecule has 0 spiro atoms. The summed E-state index contributed by atoms with van der Waals surface area (Å²) in [4.78, 5) is 0. The monoisotopic (exact) mass is 393 g/mol. The van der Waals surface area contributed by atoms with Crippen LogP contribution in [0.4, 0.5) is 0 Å². The van der Waals surface area contributed by atoms with Crippen LogP contribution in [0.2, 0.25) is 25.7 Å². The van der Waals surface area contributed by atoms with Crippen LogP contribution in [0.5, 0.6) is 5.75 Å². The number of hydrogen-bond acceptors (Lipinski definition) is 2. The van der Waals surface area contributed by atoms with Gasteiger partial charge >= 0.3 is 0 Å². The van der Waals surface area contributed by atoms with E-state index in [9.17, 15) is 0 Å². The highest BCUT2D eigenvalue weighted by Gasteiger charge is 2.18. The molecular weight excluding hydrogens is 360 g/mol. The average Bonchev–Trinajstić information content (AvgIpc) is 3.20. The molecule has 0 amide bonds. The van der Waals surface area contributed by atoms with Gasteiger partial charge in [-0.1, -0.05) is 50.0 Å². The SMILES string of the molecule is COc1ccc(-c2ccc(C3=CCCC3)c([CH]OCC[Si](C)(C)C)c2C)cc1. The minimum atomic E-state index is -1.09. The van der Waals surface area contributed by atoms with Gasteiger partial charge in [0.15, 0.2) is 0 Å². The quantitative estimate of drug-likeness (QED) is 0.352. The van der Waals surface area contributed by atoms with Crippen molar-refractivity contribution in [1.29, 1.82) is 0 Å². The zero-order valence-electron chi connectivity index (χ0n) is 18.0. The fraction of sp³-hybridized carbons (Fsp3) is 0.400. The lowest BCUT2D eigenvalue weighted by atomic mass is 9.90. The van der Waals surface area contributed by atoms with Crippen molar-refractivity contribution in [2.75, 3.05) is 13.7 Å².